The summed E-state index contributed by atoms with van der Waals surface area (Å²) in [6, 6.07) is 16.9. The van der Waals surface area contributed by atoms with E-state index in [0.29, 0.717) is 0 Å². The largest absolute Gasteiger partial charge is 0.347 e. The number of nitrogens with zero attached hydrogens (tertiary/aromatic N) is 2. The number of sulfonamides is 1. The summed E-state index contributed by atoms with van der Waals surface area (Å²) < 4.78 is 25.9. The Morgan fingerprint density at radius 2 is 1.65 bits per heavy atom. The lowest BCUT2D eigenvalue weighted by Gasteiger charge is -2.27. The Morgan fingerprint density at radius 1 is 1.03 bits per heavy atom. The lowest BCUT2D eigenvalue weighted by atomic mass is 9.94. The van der Waals surface area contributed by atoms with E-state index in [1.54, 1.807) is 24.3 Å². The fraction of sp³-hybridized carbons (Fsp3) is 0.458. The zero-order chi connectivity index (χ0) is 22.1. The van der Waals surface area contributed by atoms with E-state index < -0.39 is 15.4 Å². The molecule has 7 heteroatoms. The van der Waals surface area contributed by atoms with Gasteiger partial charge in [0.1, 0.15) is 0 Å². The molecule has 1 aliphatic carbocycles. The molecule has 6 nitrogen and oxygen atoms in total. The zero-order valence-corrected chi connectivity index (χ0v) is 19.1. The first-order chi connectivity index (χ1) is 14.8. The molecule has 0 aromatic heterocycles. The van der Waals surface area contributed by atoms with Crippen LogP contribution >= 0.6 is 0 Å². The summed E-state index contributed by atoms with van der Waals surface area (Å²) in [6.07, 6.45) is 3.98. The molecule has 0 radical (unpaired) electrons. The number of hydrogen-bond donors (Lipinski definition) is 1. The van der Waals surface area contributed by atoms with Crippen LogP contribution in [-0.4, -0.2) is 57.3 Å². The number of carbonyl (C=O) groups excluding carboxylic acids is 1. The van der Waals surface area contributed by atoms with Crippen molar-refractivity contribution in [2.24, 2.45) is 0 Å². The predicted octanol–water partition coefficient (Wildman–Crippen LogP) is 2.92. The maximum atomic E-state index is 13.4. The molecule has 2 aromatic carbocycles. The van der Waals surface area contributed by atoms with Gasteiger partial charge in [0.25, 0.3) is 0 Å². The molecule has 0 spiro atoms. The van der Waals surface area contributed by atoms with E-state index in [0.717, 1.165) is 43.6 Å². The molecule has 1 aliphatic heterocycles. The average molecular weight is 442 g/mol. The molecule has 1 amide bonds. The minimum absolute atomic E-state index is 0.0313. The van der Waals surface area contributed by atoms with Crippen LogP contribution < -0.4 is 5.32 Å². The molecule has 166 valence electrons. The molecule has 4 rings (SSSR count). The maximum absolute atomic E-state index is 13.4. The van der Waals surface area contributed by atoms with Gasteiger partial charge in [-0.2, -0.15) is 0 Å². The van der Waals surface area contributed by atoms with E-state index in [1.165, 1.54) is 31.2 Å². The van der Waals surface area contributed by atoms with Gasteiger partial charge in [-0.15, -0.1) is 0 Å². The summed E-state index contributed by atoms with van der Waals surface area (Å²) in [6.45, 7) is 2.96. The first-order valence-electron chi connectivity index (χ1n) is 10.9. The van der Waals surface area contributed by atoms with Crippen LogP contribution in [0, 0.1) is 0 Å². The van der Waals surface area contributed by atoms with Crippen LogP contribution in [0.25, 0.3) is 0 Å². The van der Waals surface area contributed by atoms with Crippen molar-refractivity contribution in [3.05, 3.63) is 65.7 Å². The highest BCUT2D eigenvalue weighted by molar-refractivity contribution is 7.89. The van der Waals surface area contributed by atoms with Crippen LogP contribution in [0.4, 0.5) is 0 Å². The molecular weight excluding hydrogens is 410 g/mol. The van der Waals surface area contributed by atoms with Gasteiger partial charge in [-0.05, 0) is 62.0 Å². The third-order valence-electron chi connectivity index (χ3n) is 6.52. The number of hydrogen-bond acceptors (Lipinski definition) is 4. The van der Waals surface area contributed by atoms with Crippen molar-refractivity contribution in [2.45, 2.75) is 42.0 Å². The van der Waals surface area contributed by atoms with Gasteiger partial charge in [0.05, 0.1) is 16.4 Å². The third-order valence-corrected chi connectivity index (χ3v) is 8.35. The normalized spacial score (nSPS) is 19.3. The third kappa shape index (κ3) is 4.54. The number of nitrogens with one attached hydrogen (secondary N) is 1. The van der Waals surface area contributed by atoms with Crippen molar-refractivity contribution in [1.82, 2.24) is 14.5 Å². The highest BCUT2D eigenvalue weighted by Gasteiger charge is 2.51. The van der Waals surface area contributed by atoms with Crippen LogP contribution in [0.15, 0.2) is 59.5 Å². The number of rotatable bonds is 8. The Bertz CT molecular complexity index is 1010. The van der Waals surface area contributed by atoms with Crippen molar-refractivity contribution in [2.75, 3.05) is 33.7 Å². The highest BCUT2D eigenvalue weighted by atomic mass is 32.2. The molecule has 2 aliphatic rings. The fourth-order valence-corrected chi connectivity index (χ4v) is 5.27. The fourth-order valence-electron chi connectivity index (χ4n) is 4.37. The SMILES string of the molecule is CN(C)S(=O)(=O)c1ccc(C2(C(=O)N[C@H](CN3CCCC3)c3ccccc3)CC2)cc1. The lowest BCUT2D eigenvalue weighted by molar-refractivity contribution is -0.124. The van der Waals surface area contributed by atoms with Gasteiger partial charge in [0.2, 0.25) is 15.9 Å². The molecule has 1 atom stereocenters. The van der Waals surface area contributed by atoms with Gasteiger partial charge in [-0.25, -0.2) is 12.7 Å². The summed E-state index contributed by atoms with van der Waals surface area (Å²) in [7, 11) is -0.446. The Balaban J connectivity index is 1.53. The molecule has 1 saturated heterocycles. The minimum atomic E-state index is -3.48. The van der Waals surface area contributed by atoms with E-state index in [2.05, 4.69) is 22.3 Å². The Hall–Kier alpha value is -2.22. The highest BCUT2D eigenvalue weighted by Crippen LogP contribution is 2.49. The van der Waals surface area contributed by atoms with Gasteiger partial charge in [-0.1, -0.05) is 42.5 Å². The van der Waals surface area contributed by atoms with Crippen LogP contribution in [0.3, 0.4) is 0 Å². The monoisotopic (exact) mass is 441 g/mol. The van der Waals surface area contributed by atoms with Gasteiger partial charge in [-0.3, -0.25) is 4.79 Å². The number of amides is 1. The van der Waals surface area contributed by atoms with Gasteiger partial charge >= 0.3 is 0 Å². The molecule has 0 unspecified atom stereocenters. The minimum Gasteiger partial charge on any atom is -0.347 e. The summed E-state index contributed by atoms with van der Waals surface area (Å²) in [5, 5.41) is 3.32. The molecular formula is C24H31N3O3S. The Morgan fingerprint density at radius 3 is 2.19 bits per heavy atom. The van der Waals surface area contributed by atoms with Gasteiger partial charge < -0.3 is 10.2 Å². The molecule has 1 saturated carbocycles. The van der Waals surface area contributed by atoms with Crippen LogP contribution in [0.1, 0.15) is 42.9 Å². The van der Waals surface area contributed by atoms with E-state index in [1.807, 2.05) is 18.2 Å². The van der Waals surface area contributed by atoms with Gasteiger partial charge in [0.15, 0.2) is 0 Å². The van der Waals surface area contributed by atoms with E-state index in [4.69, 9.17) is 0 Å². The van der Waals surface area contributed by atoms with Crippen molar-refractivity contribution in [3.8, 4) is 0 Å². The van der Waals surface area contributed by atoms with Crippen molar-refractivity contribution < 1.29 is 13.2 Å². The maximum Gasteiger partial charge on any atom is 0.242 e. The standard InChI is InChI=1S/C24H31N3O3S/c1-26(2)31(29,30)21-12-10-20(11-13-21)24(14-15-24)23(28)25-22(18-27-16-6-7-17-27)19-8-4-3-5-9-19/h3-5,8-13,22H,6-7,14-18H2,1-2H3,(H,25,28)/t22-/m1/s1. The summed E-state index contributed by atoms with van der Waals surface area (Å²) in [5.41, 5.74) is 1.44. The Kier molecular flexibility index (Phi) is 6.19. The molecule has 31 heavy (non-hydrogen) atoms. The summed E-state index contributed by atoms with van der Waals surface area (Å²) in [4.78, 5) is 16.1. The second-order valence-corrected chi connectivity index (χ2v) is 11.0. The van der Waals surface area contributed by atoms with Crippen LogP contribution in [0.5, 0.6) is 0 Å². The molecule has 2 fully saturated rings. The second-order valence-electron chi connectivity index (χ2n) is 8.84. The smallest absolute Gasteiger partial charge is 0.242 e. The molecule has 1 N–H and O–H groups in total. The van der Waals surface area contributed by atoms with Crippen LogP contribution in [0.2, 0.25) is 0 Å². The predicted molar refractivity (Wildman–Crippen MR) is 121 cm³/mol. The number of carbonyl (C=O) groups is 1. The van der Waals surface area contributed by atoms with Gasteiger partial charge in [0, 0.05) is 20.6 Å². The first-order valence-corrected chi connectivity index (χ1v) is 12.4. The zero-order valence-electron chi connectivity index (χ0n) is 18.3. The van der Waals surface area contributed by atoms with Crippen molar-refractivity contribution in [3.63, 3.8) is 0 Å². The average Bonchev–Trinajstić information content (AvgIpc) is 3.44. The van der Waals surface area contributed by atoms with Crippen LogP contribution in [-0.2, 0) is 20.2 Å². The summed E-state index contributed by atoms with van der Waals surface area (Å²) >= 11 is 0. The molecule has 2 aromatic rings. The first kappa shape index (κ1) is 22.0. The quantitative estimate of drug-likeness (QED) is 0.684. The Labute approximate surface area is 185 Å². The topological polar surface area (TPSA) is 69.7 Å². The summed E-state index contributed by atoms with van der Waals surface area (Å²) in [5.74, 6) is 0.0313. The number of likely N-dealkylation sites (tertiary alicyclic amines) is 1. The van der Waals surface area contributed by atoms with E-state index >= 15 is 0 Å². The van der Waals surface area contributed by atoms with Crippen molar-refractivity contribution >= 4 is 15.9 Å². The lowest BCUT2D eigenvalue weighted by Crippen LogP contribution is -2.41. The van der Waals surface area contributed by atoms with E-state index in [-0.39, 0.29) is 16.8 Å². The molecule has 0 bridgehead atoms. The number of benzene rings is 2. The van der Waals surface area contributed by atoms with E-state index in [9.17, 15) is 13.2 Å². The van der Waals surface area contributed by atoms with Crippen molar-refractivity contribution in [1.29, 1.82) is 0 Å². The second kappa shape index (κ2) is 8.73. The molecule has 1 heterocycles.